The maximum absolute atomic E-state index is 13.9. The molecule has 5 rings (SSSR count). The summed E-state index contributed by atoms with van der Waals surface area (Å²) in [5.41, 5.74) is 2.91. The molecule has 1 atom stereocenters. The Labute approximate surface area is 202 Å². The molecular formula is C28H26FN3O3. The number of fused-ring (bicyclic) bond motifs is 1. The first-order valence-corrected chi connectivity index (χ1v) is 11.8. The van der Waals surface area contributed by atoms with E-state index in [1.165, 1.54) is 6.07 Å². The SMILES string of the molecule is C[C@@H](C(=O)Nc1ccccc1F)C1CCN(C(=O)c2ccc3oc(-c4ccccc4)nc3c2)CC1. The van der Waals surface area contributed by atoms with Gasteiger partial charge in [-0.25, -0.2) is 9.37 Å². The van der Waals surface area contributed by atoms with E-state index >= 15 is 0 Å². The van der Waals surface area contributed by atoms with Crippen LogP contribution in [0.25, 0.3) is 22.6 Å². The number of anilines is 1. The van der Waals surface area contributed by atoms with E-state index in [1.54, 1.807) is 36.4 Å². The largest absolute Gasteiger partial charge is 0.436 e. The highest BCUT2D eigenvalue weighted by atomic mass is 19.1. The zero-order valence-corrected chi connectivity index (χ0v) is 19.4. The average Bonchev–Trinajstić information content (AvgIpc) is 3.33. The lowest BCUT2D eigenvalue weighted by atomic mass is 9.84. The molecule has 1 saturated heterocycles. The zero-order valence-electron chi connectivity index (χ0n) is 19.4. The molecule has 0 radical (unpaired) electrons. The normalized spacial score (nSPS) is 15.2. The molecule has 178 valence electrons. The van der Waals surface area contributed by atoms with Gasteiger partial charge in [0.1, 0.15) is 11.3 Å². The number of carbonyl (C=O) groups is 2. The summed E-state index contributed by atoms with van der Waals surface area (Å²) >= 11 is 0. The number of piperidine rings is 1. The monoisotopic (exact) mass is 471 g/mol. The van der Waals surface area contributed by atoms with Gasteiger partial charge < -0.3 is 14.6 Å². The number of halogens is 1. The van der Waals surface area contributed by atoms with E-state index in [2.05, 4.69) is 10.3 Å². The molecule has 0 aliphatic carbocycles. The molecular weight excluding hydrogens is 445 g/mol. The second-order valence-electron chi connectivity index (χ2n) is 8.95. The van der Waals surface area contributed by atoms with Gasteiger partial charge in [0.05, 0.1) is 5.69 Å². The van der Waals surface area contributed by atoms with Gasteiger partial charge in [-0.3, -0.25) is 9.59 Å². The Hall–Kier alpha value is -4.00. The molecule has 1 aromatic heterocycles. The number of nitrogens with one attached hydrogen (secondary N) is 1. The fourth-order valence-electron chi connectivity index (χ4n) is 4.57. The van der Waals surface area contributed by atoms with Gasteiger partial charge in [-0.2, -0.15) is 0 Å². The number of para-hydroxylation sites is 1. The van der Waals surface area contributed by atoms with Gasteiger partial charge in [0.2, 0.25) is 11.8 Å². The first-order valence-electron chi connectivity index (χ1n) is 11.8. The molecule has 35 heavy (non-hydrogen) atoms. The van der Waals surface area contributed by atoms with Crippen LogP contribution < -0.4 is 5.32 Å². The lowest BCUT2D eigenvalue weighted by Gasteiger charge is -2.34. The molecule has 0 unspecified atom stereocenters. The number of likely N-dealkylation sites (tertiary alicyclic amines) is 1. The Bertz CT molecular complexity index is 1360. The highest BCUT2D eigenvalue weighted by Gasteiger charge is 2.30. The average molecular weight is 472 g/mol. The van der Waals surface area contributed by atoms with Crippen LogP contribution in [0.4, 0.5) is 10.1 Å². The number of carbonyl (C=O) groups excluding carboxylic acids is 2. The van der Waals surface area contributed by atoms with Gasteiger partial charge in [0.15, 0.2) is 5.58 Å². The molecule has 1 aliphatic heterocycles. The molecule has 2 amide bonds. The maximum atomic E-state index is 13.9. The number of nitrogens with zero attached hydrogens (tertiary/aromatic N) is 2. The Morgan fingerprint density at radius 3 is 2.49 bits per heavy atom. The lowest BCUT2D eigenvalue weighted by molar-refractivity contribution is -0.121. The summed E-state index contributed by atoms with van der Waals surface area (Å²) in [6.45, 7) is 2.99. The molecule has 2 heterocycles. The van der Waals surface area contributed by atoms with Gasteiger partial charge in [-0.05, 0) is 61.2 Å². The minimum Gasteiger partial charge on any atom is -0.436 e. The summed E-state index contributed by atoms with van der Waals surface area (Å²) in [6.07, 6.45) is 1.42. The Morgan fingerprint density at radius 2 is 1.74 bits per heavy atom. The maximum Gasteiger partial charge on any atom is 0.253 e. The zero-order chi connectivity index (χ0) is 24.4. The third-order valence-electron chi connectivity index (χ3n) is 6.73. The van der Waals surface area contributed by atoms with E-state index in [9.17, 15) is 14.0 Å². The van der Waals surface area contributed by atoms with Crippen molar-refractivity contribution in [1.82, 2.24) is 9.88 Å². The van der Waals surface area contributed by atoms with Gasteiger partial charge in [0.25, 0.3) is 5.91 Å². The Balaban J connectivity index is 1.21. The van der Waals surface area contributed by atoms with Crippen molar-refractivity contribution in [2.45, 2.75) is 19.8 Å². The molecule has 0 saturated carbocycles. The smallest absolute Gasteiger partial charge is 0.253 e. The van der Waals surface area contributed by atoms with Crippen molar-refractivity contribution in [3.63, 3.8) is 0 Å². The second-order valence-corrected chi connectivity index (χ2v) is 8.95. The highest BCUT2D eigenvalue weighted by Crippen LogP contribution is 2.29. The molecule has 3 aromatic carbocycles. The Morgan fingerprint density at radius 1 is 1.03 bits per heavy atom. The van der Waals surface area contributed by atoms with E-state index in [0.717, 1.165) is 5.56 Å². The minimum atomic E-state index is -0.451. The summed E-state index contributed by atoms with van der Waals surface area (Å²) in [7, 11) is 0. The summed E-state index contributed by atoms with van der Waals surface area (Å²) in [4.78, 5) is 32.2. The van der Waals surface area contributed by atoms with Crippen molar-refractivity contribution in [2.75, 3.05) is 18.4 Å². The first kappa shape index (κ1) is 22.8. The molecule has 1 aliphatic rings. The van der Waals surface area contributed by atoms with Crippen molar-refractivity contribution in [2.24, 2.45) is 11.8 Å². The molecule has 1 fully saturated rings. The number of amides is 2. The molecule has 4 aromatic rings. The van der Waals surface area contributed by atoms with Crippen LogP contribution in [0, 0.1) is 17.7 Å². The van der Waals surface area contributed by atoms with Gasteiger partial charge >= 0.3 is 0 Å². The van der Waals surface area contributed by atoms with Crippen LogP contribution in [0.3, 0.4) is 0 Å². The number of rotatable bonds is 5. The number of hydrogen-bond acceptors (Lipinski definition) is 4. The quantitative estimate of drug-likeness (QED) is 0.402. The van der Waals surface area contributed by atoms with Crippen molar-refractivity contribution < 1.29 is 18.4 Å². The minimum absolute atomic E-state index is 0.0573. The van der Waals surface area contributed by atoms with E-state index in [4.69, 9.17) is 4.42 Å². The standard InChI is InChI=1S/C28H26FN3O3/c1-18(26(33)30-23-10-6-5-9-22(23)29)19-13-15-32(16-14-19)28(34)21-11-12-25-24(17-21)31-27(35-25)20-7-3-2-4-8-20/h2-12,17-19H,13-16H2,1H3,(H,30,33)/t18-/m1/s1. The van der Waals surface area contributed by atoms with Crippen molar-refractivity contribution in [3.8, 4) is 11.5 Å². The van der Waals surface area contributed by atoms with Crippen LogP contribution in [-0.4, -0.2) is 34.8 Å². The number of benzene rings is 3. The van der Waals surface area contributed by atoms with Crippen LogP contribution >= 0.6 is 0 Å². The first-order chi connectivity index (χ1) is 17.0. The molecule has 1 N–H and O–H groups in total. The molecule has 0 bridgehead atoms. The van der Waals surface area contributed by atoms with Crippen LogP contribution in [0.15, 0.2) is 77.2 Å². The predicted molar refractivity (Wildman–Crippen MR) is 132 cm³/mol. The van der Waals surface area contributed by atoms with Crippen LogP contribution in [0.1, 0.15) is 30.1 Å². The molecule has 6 nitrogen and oxygen atoms in total. The van der Waals surface area contributed by atoms with Crippen LogP contribution in [0.2, 0.25) is 0 Å². The van der Waals surface area contributed by atoms with Gasteiger partial charge in [0, 0.05) is 30.1 Å². The summed E-state index contributed by atoms with van der Waals surface area (Å²) in [6, 6.07) is 21.1. The number of oxazole rings is 1. The van der Waals surface area contributed by atoms with E-state index in [0.29, 0.717) is 48.5 Å². The van der Waals surface area contributed by atoms with E-state index < -0.39 is 5.82 Å². The summed E-state index contributed by atoms with van der Waals surface area (Å²) in [5, 5.41) is 2.69. The van der Waals surface area contributed by atoms with Gasteiger partial charge in [-0.1, -0.05) is 37.3 Å². The summed E-state index contributed by atoms with van der Waals surface area (Å²) < 4.78 is 19.7. The van der Waals surface area contributed by atoms with Crippen molar-refractivity contribution in [1.29, 1.82) is 0 Å². The van der Waals surface area contributed by atoms with Crippen molar-refractivity contribution in [3.05, 3.63) is 84.2 Å². The van der Waals surface area contributed by atoms with Gasteiger partial charge in [-0.15, -0.1) is 0 Å². The number of aromatic nitrogens is 1. The third-order valence-corrected chi connectivity index (χ3v) is 6.73. The highest BCUT2D eigenvalue weighted by molar-refractivity contribution is 5.97. The number of hydrogen-bond donors (Lipinski definition) is 1. The topological polar surface area (TPSA) is 75.4 Å². The molecule has 0 spiro atoms. The van der Waals surface area contributed by atoms with E-state index in [-0.39, 0.29) is 29.3 Å². The van der Waals surface area contributed by atoms with Crippen LogP contribution in [-0.2, 0) is 4.79 Å². The predicted octanol–water partition coefficient (Wildman–Crippen LogP) is 5.76. The summed E-state index contributed by atoms with van der Waals surface area (Å²) in [5.74, 6) is -0.349. The van der Waals surface area contributed by atoms with E-state index in [1.807, 2.05) is 42.2 Å². The van der Waals surface area contributed by atoms with Crippen LogP contribution in [0.5, 0.6) is 0 Å². The fourth-order valence-corrected chi connectivity index (χ4v) is 4.57. The lowest BCUT2D eigenvalue weighted by Crippen LogP contribution is -2.41. The third kappa shape index (κ3) is 4.80. The molecule has 7 heteroatoms. The second kappa shape index (κ2) is 9.70. The fraction of sp³-hybridized carbons (Fsp3) is 0.250. The van der Waals surface area contributed by atoms with Crippen molar-refractivity contribution >= 4 is 28.6 Å². The Kier molecular flexibility index (Phi) is 6.31.